The van der Waals surface area contributed by atoms with Crippen molar-refractivity contribution in [2.75, 3.05) is 20.1 Å². The first-order chi connectivity index (χ1) is 15.0. The number of nitrogens with zero attached hydrogens (tertiary/aromatic N) is 4. The molecule has 1 fully saturated rings. The number of halogens is 3. The van der Waals surface area contributed by atoms with Crippen LogP contribution in [-0.4, -0.2) is 62.9 Å². The zero-order chi connectivity index (χ0) is 23.5. The van der Waals surface area contributed by atoms with Gasteiger partial charge in [0.1, 0.15) is 0 Å². The summed E-state index contributed by atoms with van der Waals surface area (Å²) in [6.07, 6.45) is 1.68. The lowest BCUT2D eigenvalue weighted by molar-refractivity contribution is -0.192. The quantitative estimate of drug-likeness (QED) is 0.758. The van der Waals surface area contributed by atoms with E-state index in [9.17, 15) is 18.0 Å². The molecule has 10 heteroatoms. The molecule has 0 radical (unpaired) electrons. The molecule has 2 aromatic rings. The Kier molecular flexibility index (Phi) is 6.92. The predicted molar refractivity (Wildman–Crippen MR) is 110 cm³/mol. The first-order valence-corrected chi connectivity index (χ1v) is 10.3. The second-order valence-electron chi connectivity index (χ2n) is 8.49. The van der Waals surface area contributed by atoms with Gasteiger partial charge in [-0.3, -0.25) is 14.4 Å². The monoisotopic (exact) mass is 452 g/mol. The van der Waals surface area contributed by atoms with E-state index in [1.807, 2.05) is 29.9 Å². The van der Waals surface area contributed by atoms with Crippen molar-refractivity contribution in [1.29, 1.82) is 0 Å². The Balaban J connectivity index is 0.000000360. The number of piperidine rings is 1. The van der Waals surface area contributed by atoms with Crippen LogP contribution in [0.5, 0.6) is 0 Å². The van der Waals surface area contributed by atoms with Crippen molar-refractivity contribution in [1.82, 2.24) is 19.6 Å². The lowest BCUT2D eigenvalue weighted by Crippen LogP contribution is -2.49. The van der Waals surface area contributed by atoms with Crippen LogP contribution in [0, 0.1) is 5.41 Å². The second-order valence-corrected chi connectivity index (χ2v) is 8.49. The largest absolute Gasteiger partial charge is 0.490 e. The first kappa shape index (κ1) is 23.8. The van der Waals surface area contributed by atoms with Crippen molar-refractivity contribution < 1.29 is 27.9 Å². The number of aromatic nitrogens is 2. The normalized spacial score (nSPS) is 18.5. The molecule has 2 aliphatic rings. The molecule has 7 nitrogen and oxygen atoms in total. The van der Waals surface area contributed by atoms with Crippen molar-refractivity contribution in [2.24, 2.45) is 12.5 Å². The minimum absolute atomic E-state index is 0.229. The van der Waals surface area contributed by atoms with E-state index >= 15 is 0 Å². The van der Waals surface area contributed by atoms with Crippen LogP contribution in [0.2, 0.25) is 0 Å². The number of hydrogen-bond acceptors (Lipinski definition) is 4. The van der Waals surface area contributed by atoms with Gasteiger partial charge in [-0.1, -0.05) is 24.3 Å². The summed E-state index contributed by atoms with van der Waals surface area (Å²) in [4.78, 5) is 26.4. The summed E-state index contributed by atoms with van der Waals surface area (Å²) in [5.41, 5.74) is 3.66. The lowest BCUT2D eigenvalue weighted by Gasteiger charge is -2.41. The number of carbonyl (C=O) groups is 2. The first-order valence-electron chi connectivity index (χ1n) is 10.3. The number of aliphatic carboxylic acids is 1. The second kappa shape index (κ2) is 9.32. The van der Waals surface area contributed by atoms with Crippen molar-refractivity contribution in [3.8, 4) is 0 Å². The molecule has 2 aliphatic heterocycles. The van der Waals surface area contributed by atoms with Crippen LogP contribution in [0.25, 0.3) is 0 Å². The summed E-state index contributed by atoms with van der Waals surface area (Å²) in [5.74, 6) is -2.43. The molecule has 174 valence electrons. The lowest BCUT2D eigenvalue weighted by atomic mass is 9.73. The summed E-state index contributed by atoms with van der Waals surface area (Å²) in [6, 6.07) is 8.53. The van der Waals surface area contributed by atoms with E-state index in [1.54, 1.807) is 0 Å². The maximum absolute atomic E-state index is 13.2. The fraction of sp³-hybridized carbons (Fsp3) is 0.500. The average molecular weight is 452 g/mol. The van der Waals surface area contributed by atoms with E-state index in [0.29, 0.717) is 5.91 Å². The van der Waals surface area contributed by atoms with Crippen molar-refractivity contribution in [3.63, 3.8) is 0 Å². The van der Waals surface area contributed by atoms with Gasteiger partial charge < -0.3 is 10.0 Å². The number of hydrogen-bond donors (Lipinski definition) is 1. The molecule has 32 heavy (non-hydrogen) atoms. The van der Waals surface area contributed by atoms with Gasteiger partial charge in [0.25, 0.3) is 0 Å². The number of amides is 1. The summed E-state index contributed by atoms with van der Waals surface area (Å²) < 4.78 is 33.6. The molecule has 0 saturated carbocycles. The van der Waals surface area contributed by atoms with Crippen LogP contribution < -0.4 is 0 Å². The number of alkyl halides is 3. The van der Waals surface area contributed by atoms with E-state index in [4.69, 9.17) is 9.90 Å². The molecule has 0 aliphatic carbocycles. The number of carboxylic acid groups (broad SMARTS) is 1. The van der Waals surface area contributed by atoms with Gasteiger partial charge in [0.15, 0.2) is 0 Å². The minimum Gasteiger partial charge on any atom is -0.475 e. The highest BCUT2D eigenvalue weighted by atomic mass is 19.4. The third-order valence-electron chi connectivity index (χ3n) is 6.08. The van der Waals surface area contributed by atoms with Crippen LogP contribution in [0.3, 0.4) is 0 Å². The molecule has 3 heterocycles. The highest BCUT2D eigenvalue weighted by Gasteiger charge is 2.44. The zero-order valence-corrected chi connectivity index (χ0v) is 18.1. The van der Waals surface area contributed by atoms with Gasteiger partial charge in [0.05, 0.1) is 11.6 Å². The maximum Gasteiger partial charge on any atom is 0.490 e. The van der Waals surface area contributed by atoms with Crippen molar-refractivity contribution in [2.45, 2.75) is 38.5 Å². The minimum atomic E-state index is -5.08. The molecule has 1 N–H and O–H groups in total. The molecular formula is C22H27F3N4O3. The molecule has 1 saturated heterocycles. The molecular weight excluding hydrogens is 425 g/mol. The zero-order valence-electron chi connectivity index (χ0n) is 18.1. The summed E-state index contributed by atoms with van der Waals surface area (Å²) >= 11 is 0. The summed E-state index contributed by atoms with van der Waals surface area (Å²) in [7, 11) is 3.90. The van der Waals surface area contributed by atoms with Gasteiger partial charge in [0, 0.05) is 38.9 Å². The molecule has 0 unspecified atom stereocenters. The Bertz CT molecular complexity index is 965. The fourth-order valence-corrected chi connectivity index (χ4v) is 4.40. The van der Waals surface area contributed by atoms with Gasteiger partial charge in [-0.05, 0) is 43.5 Å². The molecule has 0 atom stereocenters. The van der Waals surface area contributed by atoms with Crippen LogP contribution in [0.15, 0.2) is 36.7 Å². The van der Waals surface area contributed by atoms with Crippen LogP contribution in [0.4, 0.5) is 13.2 Å². The van der Waals surface area contributed by atoms with Gasteiger partial charge in [-0.2, -0.15) is 18.3 Å². The van der Waals surface area contributed by atoms with Crippen molar-refractivity contribution >= 4 is 11.9 Å². The number of rotatable bonds is 2. The average Bonchev–Trinajstić information content (AvgIpc) is 3.10. The van der Waals surface area contributed by atoms with Gasteiger partial charge in [-0.15, -0.1) is 0 Å². The third-order valence-corrected chi connectivity index (χ3v) is 6.08. The van der Waals surface area contributed by atoms with Gasteiger partial charge in [-0.25, -0.2) is 4.79 Å². The van der Waals surface area contributed by atoms with Crippen LogP contribution in [-0.2, 0) is 36.1 Å². The van der Waals surface area contributed by atoms with E-state index in [-0.39, 0.29) is 5.41 Å². The van der Waals surface area contributed by atoms with E-state index in [0.717, 1.165) is 45.4 Å². The predicted octanol–water partition coefficient (Wildman–Crippen LogP) is 2.85. The Labute approximate surface area is 184 Å². The summed E-state index contributed by atoms with van der Waals surface area (Å²) in [5, 5.41) is 11.4. The molecule has 1 amide bonds. The number of carbonyl (C=O) groups excluding carboxylic acids is 1. The number of benzene rings is 1. The number of carboxylic acids is 1. The Morgan fingerprint density at radius 1 is 1.16 bits per heavy atom. The standard InChI is InChI=1S/C20H26N4O.C2HF3O2/c1-22-15-18-6-4-3-5-17(18)11-20(19(22)25)7-9-24(10-8-20)14-16-12-21-23(2)13-16;3-2(4,5)1(6)7/h3-6,12-13H,7-11,14-15H2,1-2H3;(H,6,7). The fourth-order valence-electron chi connectivity index (χ4n) is 4.40. The topological polar surface area (TPSA) is 78.7 Å². The number of aryl methyl sites for hydroxylation is 1. The number of fused-ring (bicyclic) bond motifs is 1. The maximum atomic E-state index is 13.2. The molecule has 1 spiro atoms. The Morgan fingerprint density at radius 2 is 1.75 bits per heavy atom. The Morgan fingerprint density at radius 3 is 2.28 bits per heavy atom. The van der Waals surface area contributed by atoms with E-state index in [1.165, 1.54) is 16.7 Å². The SMILES string of the molecule is CN1Cc2ccccc2CC2(CCN(Cc3cnn(C)c3)CC2)C1=O.O=C(O)C(F)(F)F. The molecule has 4 rings (SSSR count). The Hall–Kier alpha value is -2.88. The van der Waals surface area contributed by atoms with Gasteiger partial charge >= 0.3 is 12.1 Å². The molecule has 0 bridgehead atoms. The van der Waals surface area contributed by atoms with Crippen LogP contribution in [0.1, 0.15) is 29.5 Å². The van der Waals surface area contributed by atoms with Gasteiger partial charge in [0.2, 0.25) is 5.91 Å². The van der Waals surface area contributed by atoms with E-state index < -0.39 is 12.1 Å². The van der Waals surface area contributed by atoms with E-state index in [2.05, 4.69) is 40.5 Å². The molecule has 1 aromatic heterocycles. The smallest absolute Gasteiger partial charge is 0.475 e. The molecule has 1 aromatic carbocycles. The summed E-state index contributed by atoms with van der Waals surface area (Å²) in [6.45, 7) is 3.59. The number of likely N-dealkylation sites (tertiary alicyclic amines) is 1. The third kappa shape index (κ3) is 5.48. The van der Waals surface area contributed by atoms with Crippen LogP contribution >= 0.6 is 0 Å². The highest BCUT2D eigenvalue weighted by Crippen LogP contribution is 2.40. The highest BCUT2D eigenvalue weighted by molar-refractivity contribution is 5.83. The van der Waals surface area contributed by atoms with Crippen molar-refractivity contribution in [3.05, 3.63) is 53.3 Å².